The Morgan fingerprint density at radius 1 is 1.18 bits per heavy atom. The van der Waals surface area contributed by atoms with Crippen molar-refractivity contribution in [3.63, 3.8) is 0 Å². The van der Waals surface area contributed by atoms with Gasteiger partial charge in [-0.3, -0.25) is 0 Å². The zero-order chi connectivity index (χ0) is 13.5. The molecule has 0 fully saturated rings. The Bertz CT molecular complexity index is 390. The van der Waals surface area contributed by atoms with Crippen LogP contribution in [-0.4, -0.2) is 16.3 Å². The molecule has 2 N–H and O–H groups in total. The zero-order valence-electron chi connectivity index (χ0n) is 10.2. The van der Waals surface area contributed by atoms with Crippen molar-refractivity contribution in [2.24, 2.45) is 11.1 Å². The summed E-state index contributed by atoms with van der Waals surface area (Å²) in [5, 5.41) is 3.52. The van der Waals surface area contributed by atoms with Gasteiger partial charge in [-0.15, -0.1) is 0 Å². The van der Waals surface area contributed by atoms with Crippen molar-refractivity contribution < 1.29 is 17.7 Å². The van der Waals surface area contributed by atoms with Crippen molar-refractivity contribution >= 4 is 0 Å². The Kier molecular flexibility index (Phi) is 3.26. The number of rotatable bonds is 2. The molecule has 0 saturated carbocycles. The van der Waals surface area contributed by atoms with Gasteiger partial charge in [0.2, 0.25) is 0 Å². The van der Waals surface area contributed by atoms with Gasteiger partial charge in [-0.05, 0) is 12.3 Å². The van der Waals surface area contributed by atoms with Crippen LogP contribution in [0.15, 0.2) is 4.52 Å². The largest absolute Gasteiger partial charge is 0.415 e. The third-order valence-electron chi connectivity index (χ3n) is 2.19. The molecule has 0 aliphatic rings. The zero-order valence-corrected chi connectivity index (χ0v) is 10.2. The molecule has 1 heterocycles. The van der Waals surface area contributed by atoms with Crippen molar-refractivity contribution in [1.29, 1.82) is 0 Å². The standard InChI is InChI=1S/C10H16F3N3O/c1-8(2,3)5-6-15-7(17-16-6)9(4,14)10(11,12)13/h5,14H2,1-4H3. The fraction of sp³-hybridized carbons (Fsp3) is 0.800. The van der Waals surface area contributed by atoms with Crippen molar-refractivity contribution in [3.8, 4) is 0 Å². The minimum absolute atomic E-state index is 0.135. The van der Waals surface area contributed by atoms with Crippen LogP contribution in [0.5, 0.6) is 0 Å². The molecule has 0 radical (unpaired) electrons. The molecule has 1 unspecified atom stereocenters. The Morgan fingerprint density at radius 3 is 2.12 bits per heavy atom. The number of halogens is 3. The van der Waals surface area contributed by atoms with E-state index in [1.165, 1.54) is 0 Å². The van der Waals surface area contributed by atoms with Gasteiger partial charge in [0.05, 0.1) is 0 Å². The Balaban J connectivity index is 2.96. The summed E-state index contributed by atoms with van der Waals surface area (Å²) >= 11 is 0. The monoisotopic (exact) mass is 251 g/mol. The molecule has 0 aliphatic heterocycles. The van der Waals surface area contributed by atoms with Crippen molar-refractivity contribution in [1.82, 2.24) is 10.1 Å². The number of nitrogens with two attached hydrogens (primary N) is 1. The maximum Gasteiger partial charge on any atom is 0.415 e. The van der Waals surface area contributed by atoms with Gasteiger partial charge in [0.15, 0.2) is 11.4 Å². The van der Waals surface area contributed by atoms with Crippen molar-refractivity contribution in [2.45, 2.75) is 45.8 Å². The van der Waals surface area contributed by atoms with Crippen molar-refractivity contribution in [3.05, 3.63) is 11.7 Å². The van der Waals surface area contributed by atoms with E-state index in [-0.39, 0.29) is 11.2 Å². The van der Waals surface area contributed by atoms with Crippen molar-refractivity contribution in [2.75, 3.05) is 0 Å². The molecular formula is C10H16F3N3O. The Morgan fingerprint density at radius 2 is 1.71 bits per heavy atom. The van der Waals surface area contributed by atoms with Crippen LogP contribution in [-0.2, 0) is 12.0 Å². The average Bonchev–Trinajstić information content (AvgIpc) is 2.47. The van der Waals surface area contributed by atoms with Crippen LogP contribution in [0, 0.1) is 5.41 Å². The highest BCUT2D eigenvalue weighted by molar-refractivity contribution is 5.04. The molecular weight excluding hydrogens is 235 g/mol. The molecule has 17 heavy (non-hydrogen) atoms. The lowest BCUT2D eigenvalue weighted by Crippen LogP contribution is -2.48. The molecule has 0 bridgehead atoms. The summed E-state index contributed by atoms with van der Waals surface area (Å²) in [7, 11) is 0. The molecule has 98 valence electrons. The fourth-order valence-corrected chi connectivity index (χ4v) is 1.13. The summed E-state index contributed by atoms with van der Waals surface area (Å²) in [5.74, 6) is -0.377. The fourth-order valence-electron chi connectivity index (χ4n) is 1.13. The van der Waals surface area contributed by atoms with Crippen LogP contribution in [0.25, 0.3) is 0 Å². The van der Waals surface area contributed by atoms with Gasteiger partial charge in [0.25, 0.3) is 5.89 Å². The third kappa shape index (κ3) is 3.18. The molecule has 1 rings (SSSR count). The highest BCUT2D eigenvalue weighted by Crippen LogP contribution is 2.35. The second-order valence-corrected chi connectivity index (χ2v) is 5.45. The van der Waals surface area contributed by atoms with E-state index in [0.717, 1.165) is 6.92 Å². The number of hydrogen-bond donors (Lipinski definition) is 1. The maximum absolute atomic E-state index is 12.6. The van der Waals surface area contributed by atoms with E-state index in [1.54, 1.807) is 0 Å². The van der Waals surface area contributed by atoms with Crippen LogP contribution in [0.1, 0.15) is 39.4 Å². The van der Waals surface area contributed by atoms with E-state index in [4.69, 9.17) is 5.73 Å². The molecule has 0 spiro atoms. The normalized spacial score (nSPS) is 16.9. The van der Waals surface area contributed by atoms with Crippen LogP contribution in [0.3, 0.4) is 0 Å². The lowest BCUT2D eigenvalue weighted by Gasteiger charge is -2.22. The average molecular weight is 251 g/mol. The molecule has 0 amide bonds. The van der Waals surface area contributed by atoms with Gasteiger partial charge < -0.3 is 10.3 Å². The molecule has 0 aliphatic carbocycles. The summed E-state index contributed by atoms with van der Waals surface area (Å²) in [6.45, 7) is 6.58. The van der Waals surface area contributed by atoms with Crippen LogP contribution >= 0.6 is 0 Å². The second kappa shape index (κ2) is 3.97. The van der Waals surface area contributed by atoms with E-state index in [1.807, 2.05) is 20.8 Å². The number of hydrogen-bond acceptors (Lipinski definition) is 4. The van der Waals surface area contributed by atoms with Gasteiger partial charge in [-0.25, -0.2) is 0 Å². The first-order valence-electron chi connectivity index (χ1n) is 5.12. The summed E-state index contributed by atoms with van der Waals surface area (Å²) in [6, 6.07) is 0. The van der Waals surface area contributed by atoms with E-state index in [9.17, 15) is 13.2 Å². The Labute approximate surface area is 97.4 Å². The summed E-state index contributed by atoms with van der Waals surface area (Å²) in [6.07, 6.45) is -4.21. The number of aromatic nitrogens is 2. The predicted octanol–water partition coefficient (Wildman–Crippen LogP) is 2.39. The van der Waals surface area contributed by atoms with E-state index < -0.39 is 17.6 Å². The third-order valence-corrected chi connectivity index (χ3v) is 2.19. The molecule has 0 aromatic carbocycles. The lowest BCUT2D eigenvalue weighted by atomic mass is 9.92. The number of nitrogens with zero attached hydrogens (tertiary/aromatic N) is 2. The number of alkyl halides is 3. The van der Waals surface area contributed by atoms with E-state index in [0.29, 0.717) is 6.42 Å². The SMILES string of the molecule is CC(C)(C)Cc1noc(C(C)(N)C(F)(F)F)n1. The van der Waals surface area contributed by atoms with E-state index >= 15 is 0 Å². The van der Waals surface area contributed by atoms with Gasteiger partial charge in [0, 0.05) is 6.42 Å². The van der Waals surface area contributed by atoms with Crippen LogP contribution in [0.2, 0.25) is 0 Å². The van der Waals surface area contributed by atoms with Gasteiger partial charge in [-0.1, -0.05) is 25.9 Å². The first-order chi connectivity index (χ1) is 7.43. The maximum atomic E-state index is 12.6. The highest BCUT2D eigenvalue weighted by atomic mass is 19.4. The molecule has 7 heteroatoms. The second-order valence-electron chi connectivity index (χ2n) is 5.45. The summed E-state index contributed by atoms with van der Waals surface area (Å²) < 4.78 is 42.4. The van der Waals surface area contributed by atoms with Gasteiger partial charge >= 0.3 is 6.18 Å². The first-order valence-corrected chi connectivity index (χ1v) is 5.12. The van der Waals surface area contributed by atoms with Crippen LogP contribution in [0.4, 0.5) is 13.2 Å². The molecule has 1 aromatic rings. The quantitative estimate of drug-likeness (QED) is 0.876. The minimum atomic E-state index is -4.63. The topological polar surface area (TPSA) is 64.9 Å². The van der Waals surface area contributed by atoms with E-state index in [2.05, 4.69) is 14.7 Å². The van der Waals surface area contributed by atoms with Gasteiger partial charge in [0.1, 0.15) is 0 Å². The van der Waals surface area contributed by atoms with Gasteiger partial charge in [-0.2, -0.15) is 18.2 Å². The van der Waals surface area contributed by atoms with Crippen LogP contribution < -0.4 is 5.73 Å². The first kappa shape index (κ1) is 14.0. The summed E-state index contributed by atoms with van der Waals surface area (Å²) in [4.78, 5) is 3.71. The molecule has 1 atom stereocenters. The predicted molar refractivity (Wildman–Crippen MR) is 55.1 cm³/mol. The molecule has 4 nitrogen and oxygen atoms in total. The summed E-state index contributed by atoms with van der Waals surface area (Å²) in [5.41, 5.74) is 2.42. The minimum Gasteiger partial charge on any atom is -0.337 e. The smallest absolute Gasteiger partial charge is 0.337 e. The molecule has 1 aromatic heterocycles. The highest BCUT2D eigenvalue weighted by Gasteiger charge is 2.53. The Hall–Kier alpha value is -1.11. The lowest BCUT2D eigenvalue weighted by molar-refractivity contribution is -0.190. The molecule has 0 saturated heterocycles.